The lowest BCUT2D eigenvalue weighted by Crippen LogP contribution is -2.45. The Morgan fingerprint density at radius 3 is 2.39 bits per heavy atom. The molecule has 2 aromatic rings. The molecule has 0 spiro atoms. The zero-order valence-electron chi connectivity index (χ0n) is 12.1. The standard InChI is InChI=1S/C16H11N3O3S/c1-9(13(20)18-14-10(8-17)6-7-23-14)19-15(21)11-4-2-3-5-12(11)16(19)22/h2-7,9H,1H3,(H,18,20). The highest BCUT2D eigenvalue weighted by Crippen LogP contribution is 2.26. The largest absolute Gasteiger partial charge is 0.315 e. The van der Waals surface area contributed by atoms with E-state index in [-0.39, 0.29) is 0 Å². The lowest BCUT2D eigenvalue weighted by atomic mass is 10.1. The van der Waals surface area contributed by atoms with Gasteiger partial charge in [0.15, 0.2) is 0 Å². The number of benzene rings is 1. The van der Waals surface area contributed by atoms with Crippen LogP contribution in [-0.4, -0.2) is 28.7 Å². The topological polar surface area (TPSA) is 90.3 Å². The van der Waals surface area contributed by atoms with Crippen LogP contribution in [0, 0.1) is 11.3 Å². The fourth-order valence-corrected chi connectivity index (χ4v) is 3.13. The molecule has 0 fully saturated rings. The summed E-state index contributed by atoms with van der Waals surface area (Å²) in [6.45, 7) is 1.48. The van der Waals surface area contributed by atoms with Crippen molar-refractivity contribution in [3.8, 4) is 6.07 Å². The lowest BCUT2D eigenvalue weighted by Gasteiger charge is -2.21. The summed E-state index contributed by atoms with van der Waals surface area (Å²) in [5.74, 6) is -1.49. The van der Waals surface area contributed by atoms with E-state index in [9.17, 15) is 14.4 Å². The van der Waals surface area contributed by atoms with Crippen LogP contribution in [0.5, 0.6) is 0 Å². The Labute approximate surface area is 135 Å². The summed E-state index contributed by atoms with van der Waals surface area (Å²) in [6.07, 6.45) is 0. The van der Waals surface area contributed by atoms with Crippen molar-refractivity contribution in [2.24, 2.45) is 0 Å². The normalized spacial score (nSPS) is 14.3. The van der Waals surface area contributed by atoms with Gasteiger partial charge in [-0.2, -0.15) is 5.26 Å². The van der Waals surface area contributed by atoms with Crippen LogP contribution in [0.3, 0.4) is 0 Å². The van der Waals surface area contributed by atoms with Gasteiger partial charge in [-0.15, -0.1) is 11.3 Å². The van der Waals surface area contributed by atoms with Crippen LogP contribution in [0.25, 0.3) is 0 Å². The van der Waals surface area contributed by atoms with Crippen LogP contribution in [0.1, 0.15) is 33.2 Å². The summed E-state index contributed by atoms with van der Waals surface area (Å²) < 4.78 is 0. The molecule has 23 heavy (non-hydrogen) atoms. The highest BCUT2D eigenvalue weighted by molar-refractivity contribution is 7.14. The predicted molar refractivity (Wildman–Crippen MR) is 84.1 cm³/mol. The fraction of sp³-hybridized carbons (Fsp3) is 0.125. The van der Waals surface area contributed by atoms with E-state index >= 15 is 0 Å². The number of thiophene rings is 1. The van der Waals surface area contributed by atoms with Gasteiger partial charge in [0.05, 0.1) is 16.7 Å². The van der Waals surface area contributed by atoms with Gasteiger partial charge in [0.2, 0.25) is 5.91 Å². The number of hydrogen-bond donors (Lipinski definition) is 1. The van der Waals surface area contributed by atoms with Crippen molar-refractivity contribution in [2.75, 3.05) is 5.32 Å². The first-order valence-corrected chi connectivity index (χ1v) is 7.68. The van der Waals surface area contributed by atoms with E-state index in [0.717, 1.165) is 4.90 Å². The second-order valence-electron chi connectivity index (χ2n) is 4.97. The van der Waals surface area contributed by atoms with Gasteiger partial charge < -0.3 is 5.32 Å². The zero-order valence-corrected chi connectivity index (χ0v) is 12.9. The third-order valence-corrected chi connectivity index (χ3v) is 4.44. The zero-order chi connectivity index (χ0) is 16.6. The minimum atomic E-state index is -0.976. The average Bonchev–Trinajstić information content (AvgIpc) is 3.10. The van der Waals surface area contributed by atoms with Gasteiger partial charge in [0.1, 0.15) is 17.1 Å². The van der Waals surface area contributed by atoms with Crippen molar-refractivity contribution in [1.29, 1.82) is 5.26 Å². The second kappa shape index (κ2) is 5.66. The van der Waals surface area contributed by atoms with Crippen LogP contribution < -0.4 is 5.32 Å². The molecule has 3 amide bonds. The molecular weight excluding hydrogens is 314 g/mol. The molecule has 1 aromatic carbocycles. The van der Waals surface area contributed by atoms with Gasteiger partial charge in [0, 0.05) is 0 Å². The maximum absolute atomic E-state index is 12.4. The molecule has 1 aliphatic rings. The molecule has 3 rings (SSSR count). The minimum Gasteiger partial charge on any atom is -0.315 e. The fourth-order valence-electron chi connectivity index (χ4n) is 2.39. The van der Waals surface area contributed by atoms with Crippen molar-refractivity contribution in [3.05, 3.63) is 52.4 Å². The highest BCUT2D eigenvalue weighted by atomic mass is 32.1. The highest BCUT2D eigenvalue weighted by Gasteiger charge is 2.40. The number of rotatable bonds is 3. The van der Waals surface area contributed by atoms with E-state index < -0.39 is 23.8 Å². The van der Waals surface area contributed by atoms with Crippen LogP contribution in [0.4, 0.5) is 5.00 Å². The number of carbonyl (C=O) groups is 3. The number of amides is 3. The first-order chi connectivity index (χ1) is 11.0. The summed E-state index contributed by atoms with van der Waals surface area (Å²) in [4.78, 5) is 38.0. The van der Waals surface area contributed by atoms with Crippen molar-refractivity contribution in [1.82, 2.24) is 4.90 Å². The van der Waals surface area contributed by atoms with Gasteiger partial charge >= 0.3 is 0 Å². The quantitative estimate of drug-likeness (QED) is 0.876. The van der Waals surface area contributed by atoms with E-state index in [1.54, 1.807) is 35.7 Å². The molecule has 0 saturated heterocycles. The van der Waals surface area contributed by atoms with Gasteiger partial charge in [-0.25, -0.2) is 0 Å². The number of nitrogens with one attached hydrogen (secondary N) is 1. The molecule has 2 heterocycles. The third kappa shape index (κ3) is 2.39. The van der Waals surface area contributed by atoms with Gasteiger partial charge in [0.25, 0.3) is 11.8 Å². The summed E-state index contributed by atoms with van der Waals surface area (Å²) in [6, 6.07) is 9.05. The molecule has 7 heteroatoms. The number of nitriles is 1. The average molecular weight is 325 g/mol. The van der Waals surface area contributed by atoms with Crippen molar-refractivity contribution in [3.63, 3.8) is 0 Å². The van der Waals surface area contributed by atoms with E-state index in [1.807, 2.05) is 6.07 Å². The van der Waals surface area contributed by atoms with Crippen molar-refractivity contribution in [2.45, 2.75) is 13.0 Å². The maximum Gasteiger partial charge on any atom is 0.262 e. The summed E-state index contributed by atoms with van der Waals surface area (Å²) in [7, 11) is 0. The number of hydrogen-bond acceptors (Lipinski definition) is 5. The SMILES string of the molecule is CC(C(=O)Nc1sccc1C#N)N1C(=O)c2ccccc2C1=O. The molecule has 6 nitrogen and oxygen atoms in total. The van der Waals surface area contributed by atoms with Crippen LogP contribution in [-0.2, 0) is 4.79 Å². The number of fused-ring (bicyclic) bond motifs is 1. The molecule has 1 aliphatic heterocycles. The number of nitrogens with zero attached hydrogens (tertiary/aromatic N) is 2. The molecule has 1 N–H and O–H groups in total. The molecule has 1 atom stereocenters. The Morgan fingerprint density at radius 1 is 1.22 bits per heavy atom. The monoisotopic (exact) mass is 325 g/mol. The summed E-state index contributed by atoms with van der Waals surface area (Å²) >= 11 is 1.21. The summed E-state index contributed by atoms with van der Waals surface area (Å²) in [5, 5.41) is 13.6. The Bertz CT molecular complexity index is 830. The molecule has 0 saturated carbocycles. The Kier molecular flexibility index (Phi) is 3.68. The van der Waals surface area contributed by atoms with E-state index in [0.29, 0.717) is 21.7 Å². The number of imide groups is 1. The number of anilines is 1. The van der Waals surface area contributed by atoms with Crippen LogP contribution in [0.2, 0.25) is 0 Å². The molecule has 0 radical (unpaired) electrons. The van der Waals surface area contributed by atoms with Crippen LogP contribution >= 0.6 is 11.3 Å². The Hall–Kier alpha value is -2.98. The van der Waals surface area contributed by atoms with Gasteiger partial charge in [-0.1, -0.05) is 12.1 Å². The maximum atomic E-state index is 12.4. The van der Waals surface area contributed by atoms with E-state index in [4.69, 9.17) is 5.26 Å². The first-order valence-electron chi connectivity index (χ1n) is 6.80. The van der Waals surface area contributed by atoms with Crippen LogP contribution in [0.15, 0.2) is 35.7 Å². The lowest BCUT2D eigenvalue weighted by molar-refractivity contribution is -0.119. The molecule has 1 aromatic heterocycles. The Morgan fingerprint density at radius 2 is 1.83 bits per heavy atom. The van der Waals surface area contributed by atoms with E-state index in [2.05, 4.69) is 5.32 Å². The molecule has 114 valence electrons. The Balaban J connectivity index is 1.83. The molecule has 0 bridgehead atoms. The van der Waals surface area contributed by atoms with Crippen molar-refractivity contribution < 1.29 is 14.4 Å². The van der Waals surface area contributed by atoms with Gasteiger partial charge in [-0.3, -0.25) is 19.3 Å². The number of carbonyl (C=O) groups excluding carboxylic acids is 3. The summed E-state index contributed by atoms with van der Waals surface area (Å²) in [5.41, 5.74) is 0.940. The predicted octanol–water partition coefficient (Wildman–Crippen LogP) is 2.24. The molecular formula is C16H11N3O3S. The van der Waals surface area contributed by atoms with E-state index in [1.165, 1.54) is 18.3 Å². The molecule has 0 aliphatic carbocycles. The van der Waals surface area contributed by atoms with Gasteiger partial charge in [-0.05, 0) is 30.5 Å². The first kappa shape index (κ1) is 14.9. The smallest absolute Gasteiger partial charge is 0.262 e. The van der Waals surface area contributed by atoms with Crippen molar-refractivity contribution >= 4 is 34.1 Å². The second-order valence-corrected chi connectivity index (χ2v) is 5.88. The third-order valence-electron chi connectivity index (χ3n) is 3.61. The minimum absolute atomic E-state index is 0.297. The molecule has 1 unspecified atom stereocenters.